The monoisotopic (exact) mass is 283 g/mol. The molecule has 0 heterocycles. The average Bonchev–Trinajstić information content (AvgIpc) is 2.47. The fourth-order valence-electron chi connectivity index (χ4n) is 1.87. The molecule has 20 heavy (non-hydrogen) atoms. The molecule has 0 bridgehead atoms. The van der Waals surface area contributed by atoms with Crippen LogP contribution in [-0.4, -0.2) is 5.78 Å². The summed E-state index contributed by atoms with van der Waals surface area (Å²) in [6.07, 6.45) is 0. The van der Waals surface area contributed by atoms with E-state index in [0.717, 1.165) is 5.56 Å². The van der Waals surface area contributed by atoms with Crippen LogP contribution in [0.3, 0.4) is 0 Å². The van der Waals surface area contributed by atoms with Crippen LogP contribution >= 0.6 is 11.6 Å². The Balaban J connectivity index is 2.29. The van der Waals surface area contributed by atoms with Crippen molar-refractivity contribution in [2.24, 2.45) is 0 Å². The van der Waals surface area contributed by atoms with Gasteiger partial charge < -0.3 is 0 Å². The van der Waals surface area contributed by atoms with Crippen LogP contribution in [0.5, 0.6) is 0 Å². The van der Waals surface area contributed by atoms with Gasteiger partial charge in [-0.15, -0.1) is 0 Å². The molecule has 0 fully saturated rings. The van der Waals surface area contributed by atoms with Crippen LogP contribution in [0.2, 0.25) is 5.02 Å². The molecular weight excluding hydrogens is 270 g/mol. The number of ketones is 1. The summed E-state index contributed by atoms with van der Waals surface area (Å²) >= 11 is 5.81. The number of rotatable bonds is 3. The molecule has 2 aromatic carbocycles. The Bertz CT molecular complexity index is 664. The summed E-state index contributed by atoms with van der Waals surface area (Å²) in [5, 5.41) is 9.70. The number of carbonyl (C=O) groups excluding carboxylic acids is 1. The quantitative estimate of drug-likeness (QED) is 0.785. The lowest BCUT2D eigenvalue weighted by molar-refractivity contribution is 0.103. The topological polar surface area (TPSA) is 40.9 Å². The molecule has 0 spiro atoms. The number of hydrogen-bond acceptors (Lipinski definition) is 2. The third-order valence-corrected chi connectivity index (χ3v) is 3.51. The molecule has 0 unspecified atom stereocenters. The van der Waals surface area contributed by atoms with E-state index in [2.05, 4.69) is 6.07 Å². The van der Waals surface area contributed by atoms with Crippen molar-refractivity contribution >= 4 is 17.4 Å². The highest BCUT2D eigenvalue weighted by molar-refractivity contribution is 6.30. The highest BCUT2D eigenvalue weighted by atomic mass is 35.5. The molecule has 0 N–H and O–H groups in total. The molecule has 0 saturated heterocycles. The van der Waals surface area contributed by atoms with Gasteiger partial charge in [-0.1, -0.05) is 35.9 Å². The summed E-state index contributed by atoms with van der Waals surface area (Å²) in [7, 11) is 0. The zero-order valence-corrected chi connectivity index (χ0v) is 12.1. The maximum absolute atomic E-state index is 12.3. The van der Waals surface area contributed by atoms with E-state index >= 15 is 0 Å². The lowest BCUT2D eigenvalue weighted by Gasteiger charge is -2.15. The van der Waals surface area contributed by atoms with Crippen LogP contribution in [-0.2, 0) is 5.41 Å². The van der Waals surface area contributed by atoms with Gasteiger partial charge in [0, 0.05) is 16.1 Å². The Labute approximate surface area is 123 Å². The molecule has 0 saturated carbocycles. The Morgan fingerprint density at radius 1 is 1.00 bits per heavy atom. The number of nitriles is 1. The number of benzene rings is 2. The molecule has 2 nitrogen and oxygen atoms in total. The van der Waals surface area contributed by atoms with Gasteiger partial charge in [0.1, 0.15) is 0 Å². The Kier molecular flexibility index (Phi) is 3.92. The number of hydrogen-bond donors (Lipinski definition) is 0. The van der Waals surface area contributed by atoms with Crippen molar-refractivity contribution in [3.05, 3.63) is 70.2 Å². The van der Waals surface area contributed by atoms with Gasteiger partial charge in [0.2, 0.25) is 0 Å². The summed E-state index contributed by atoms with van der Waals surface area (Å²) in [5.41, 5.74) is 1.54. The summed E-state index contributed by atoms with van der Waals surface area (Å²) in [4.78, 5) is 12.3. The molecular formula is C17H14ClNO. The SMILES string of the molecule is CC(C)(C#N)c1ccc(C(=O)c2ccc(Cl)cc2)cc1. The van der Waals surface area contributed by atoms with Crippen LogP contribution in [0.25, 0.3) is 0 Å². The normalized spacial score (nSPS) is 10.9. The first kappa shape index (κ1) is 14.3. The number of carbonyl (C=O) groups is 1. The summed E-state index contributed by atoms with van der Waals surface area (Å²) in [6, 6.07) is 16.2. The molecule has 2 rings (SSSR count). The van der Waals surface area contributed by atoms with E-state index in [0.29, 0.717) is 16.1 Å². The number of nitrogens with zero attached hydrogens (tertiary/aromatic N) is 1. The van der Waals surface area contributed by atoms with Crippen LogP contribution in [0.15, 0.2) is 48.5 Å². The van der Waals surface area contributed by atoms with Crippen molar-refractivity contribution < 1.29 is 4.79 Å². The Hall–Kier alpha value is -2.11. The van der Waals surface area contributed by atoms with Gasteiger partial charge in [0.25, 0.3) is 0 Å². The predicted octanol–water partition coefficient (Wildman–Crippen LogP) is 4.37. The summed E-state index contributed by atoms with van der Waals surface area (Å²) in [5.74, 6) is -0.0528. The average molecular weight is 284 g/mol. The maximum atomic E-state index is 12.3. The van der Waals surface area contributed by atoms with Gasteiger partial charge in [-0.05, 0) is 43.7 Å². The van der Waals surface area contributed by atoms with E-state index in [1.165, 1.54) is 0 Å². The van der Waals surface area contributed by atoms with Gasteiger partial charge in [-0.2, -0.15) is 5.26 Å². The highest BCUT2D eigenvalue weighted by Crippen LogP contribution is 2.23. The van der Waals surface area contributed by atoms with Gasteiger partial charge in [0.05, 0.1) is 11.5 Å². The zero-order valence-electron chi connectivity index (χ0n) is 11.4. The third kappa shape index (κ3) is 2.89. The van der Waals surface area contributed by atoms with E-state index < -0.39 is 5.41 Å². The molecule has 0 amide bonds. The van der Waals surface area contributed by atoms with Crippen molar-refractivity contribution in [3.63, 3.8) is 0 Å². The smallest absolute Gasteiger partial charge is 0.193 e. The molecule has 0 atom stereocenters. The van der Waals surface area contributed by atoms with Gasteiger partial charge in [0.15, 0.2) is 5.78 Å². The second kappa shape index (κ2) is 5.48. The summed E-state index contributed by atoms with van der Waals surface area (Å²) < 4.78 is 0. The third-order valence-electron chi connectivity index (χ3n) is 3.25. The molecule has 2 aromatic rings. The van der Waals surface area contributed by atoms with Crippen LogP contribution in [0.4, 0.5) is 0 Å². The van der Waals surface area contributed by atoms with Crippen molar-refractivity contribution in [1.82, 2.24) is 0 Å². The molecule has 0 aliphatic rings. The molecule has 0 aliphatic carbocycles. The molecule has 0 aliphatic heterocycles. The molecule has 3 heteroatoms. The minimum Gasteiger partial charge on any atom is -0.289 e. The molecule has 0 radical (unpaired) electrons. The maximum Gasteiger partial charge on any atom is 0.193 e. The summed E-state index contributed by atoms with van der Waals surface area (Å²) in [6.45, 7) is 3.70. The van der Waals surface area contributed by atoms with E-state index in [-0.39, 0.29) is 5.78 Å². The molecule has 0 aromatic heterocycles. The van der Waals surface area contributed by atoms with Crippen LogP contribution in [0.1, 0.15) is 35.3 Å². The van der Waals surface area contributed by atoms with Crippen molar-refractivity contribution in [2.45, 2.75) is 19.3 Å². The van der Waals surface area contributed by atoms with Gasteiger partial charge in [-0.3, -0.25) is 4.79 Å². The largest absolute Gasteiger partial charge is 0.289 e. The van der Waals surface area contributed by atoms with Gasteiger partial charge >= 0.3 is 0 Å². The van der Waals surface area contributed by atoms with Crippen molar-refractivity contribution in [2.75, 3.05) is 0 Å². The lowest BCUT2D eigenvalue weighted by atomic mass is 9.85. The minimum absolute atomic E-state index is 0.0528. The highest BCUT2D eigenvalue weighted by Gasteiger charge is 2.20. The zero-order chi connectivity index (χ0) is 14.8. The second-order valence-corrected chi connectivity index (χ2v) is 5.59. The van der Waals surface area contributed by atoms with E-state index in [9.17, 15) is 4.79 Å². The minimum atomic E-state index is -0.554. The van der Waals surface area contributed by atoms with E-state index in [4.69, 9.17) is 16.9 Å². The fraction of sp³-hybridized carbons (Fsp3) is 0.176. The first-order chi connectivity index (χ1) is 9.44. The van der Waals surface area contributed by atoms with Gasteiger partial charge in [-0.25, -0.2) is 0 Å². The Morgan fingerprint density at radius 2 is 1.45 bits per heavy atom. The number of halogens is 1. The Morgan fingerprint density at radius 3 is 1.90 bits per heavy atom. The van der Waals surface area contributed by atoms with E-state index in [1.54, 1.807) is 36.4 Å². The first-order valence-electron chi connectivity index (χ1n) is 6.26. The van der Waals surface area contributed by atoms with Crippen molar-refractivity contribution in [1.29, 1.82) is 5.26 Å². The predicted molar refractivity (Wildman–Crippen MR) is 80.0 cm³/mol. The standard InChI is InChI=1S/C17H14ClNO/c1-17(2,11-19)14-7-3-12(4-8-14)16(20)13-5-9-15(18)10-6-13/h3-10H,1-2H3. The lowest BCUT2D eigenvalue weighted by Crippen LogP contribution is -2.14. The first-order valence-corrected chi connectivity index (χ1v) is 6.64. The van der Waals surface area contributed by atoms with Crippen LogP contribution in [0, 0.1) is 11.3 Å². The fourth-order valence-corrected chi connectivity index (χ4v) is 2.00. The van der Waals surface area contributed by atoms with Crippen molar-refractivity contribution in [3.8, 4) is 6.07 Å². The van der Waals surface area contributed by atoms with Crippen LogP contribution < -0.4 is 0 Å². The van der Waals surface area contributed by atoms with E-state index in [1.807, 2.05) is 26.0 Å². The molecule has 100 valence electrons. The second-order valence-electron chi connectivity index (χ2n) is 5.15.